The lowest BCUT2D eigenvalue weighted by molar-refractivity contribution is 0.257. The summed E-state index contributed by atoms with van der Waals surface area (Å²) in [6.07, 6.45) is 0.690. The van der Waals surface area contributed by atoms with Crippen molar-refractivity contribution in [2.24, 2.45) is 16.3 Å². The van der Waals surface area contributed by atoms with Crippen molar-refractivity contribution in [3.63, 3.8) is 0 Å². The smallest absolute Gasteiger partial charge is 0.144 e. The van der Waals surface area contributed by atoms with E-state index in [4.69, 9.17) is 15.7 Å². The van der Waals surface area contributed by atoms with E-state index in [2.05, 4.69) is 31.1 Å². The van der Waals surface area contributed by atoms with E-state index in [1.165, 1.54) is 11.1 Å². The highest BCUT2D eigenvalue weighted by Gasteiger charge is 2.23. The van der Waals surface area contributed by atoms with Gasteiger partial charge in [0.1, 0.15) is 11.6 Å². The zero-order chi connectivity index (χ0) is 14.6. The summed E-state index contributed by atoms with van der Waals surface area (Å²) in [6.45, 7) is 10.6. The summed E-state index contributed by atoms with van der Waals surface area (Å²) in [5.41, 5.74) is 8.80. The fraction of sp³-hybridized carbons (Fsp3) is 0.533. The van der Waals surface area contributed by atoms with E-state index in [0.29, 0.717) is 13.0 Å². The van der Waals surface area contributed by atoms with E-state index in [1.807, 2.05) is 20.8 Å². The third-order valence-corrected chi connectivity index (χ3v) is 3.65. The number of nitrogens with zero attached hydrogens (tertiary/aromatic N) is 1. The summed E-state index contributed by atoms with van der Waals surface area (Å²) in [6, 6.07) is 4.16. The third kappa shape index (κ3) is 3.63. The minimum atomic E-state index is -0.375. The van der Waals surface area contributed by atoms with E-state index in [-0.39, 0.29) is 11.3 Å². The van der Waals surface area contributed by atoms with Gasteiger partial charge in [0.05, 0.1) is 6.61 Å². The van der Waals surface area contributed by atoms with Gasteiger partial charge in [-0.2, -0.15) is 0 Å². The number of oxime groups is 1. The average Bonchev–Trinajstić information content (AvgIpc) is 2.37. The fourth-order valence-corrected chi connectivity index (χ4v) is 1.82. The molecular formula is C15H24N2O2. The van der Waals surface area contributed by atoms with E-state index in [9.17, 15) is 0 Å². The number of aryl methyl sites for hydroxylation is 2. The van der Waals surface area contributed by atoms with E-state index < -0.39 is 0 Å². The summed E-state index contributed by atoms with van der Waals surface area (Å²) in [4.78, 5) is 0. The molecule has 0 radical (unpaired) electrons. The van der Waals surface area contributed by atoms with Gasteiger partial charge in [0.2, 0.25) is 0 Å². The summed E-state index contributed by atoms with van der Waals surface area (Å²) >= 11 is 0. The van der Waals surface area contributed by atoms with Crippen LogP contribution in [0.4, 0.5) is 0 Å². The van der Waals surface area contributed by atoms with Crippen molar-refractivity contribution in [1.29, 1.82) is 0 Å². The zero-order valence-corrected chi connectivity index (χ0v) is 12.4. The second-order valence-electron chi connectivity index (χ2n) is 5.62. The molecule has 0 bridgehead atoms. The van der Waals surface area contributed by atoms with Gasteiger partial charge in [-0.15, -0.1) is 0 Å². The minimum Gasteiger partial charge on any atom is -0.493 e. The highest BCUT2D eigenvalue weighted by atomic mass is 16.5. The third-order valence-electron chi connectivity index (χ3n) is 3.65. The Kier molecular flexibility index (Phi) is 4.81. The molecule has 1 rings (SSSR count). The molecule has 0 unspecified atom stereocenters. The molecule has 1 aromatic rings. The summed E-state index contributed by atoms with van der Waals surface area (Å²) in [7, 11) is 0. The van der Waals surface area contributed by atoms with Gasteiger partial charge in [0.25, 0.3) is 0 Å². The Morgan fingerprint density at radius 3 is 2.42 bits per heavy atom. The predicted octanol–water partition coefficient (Wildman–Crippen LogP) is 3.15. The van der Waals surface area contributed by atoms with Gasteiger partial charge in [-0.1, -0.05) is 31.1 Å². The highest BCUT2D eigenvalue weighted by molar-refractivity contribution is 5.85. The SMILES string of the molecule is Cc1ccc(C)c(OCCC(C)(C)C(N)=NO)c1C. The van der Waals surface area contributed by atoms with E-state index in [1.54, 1.807) is 0 Å². The quantitative estimate of drug-likeness (QED) is 0.371. The van der Waals surface area contributed by atoms with Crippen molar-refractivity contribution in [2.45, 2.75) is 41.0 Å². The Hall–Kier alpha value is -1.71. The zero-order valence-electron chi connectivity index (χ0n) is 12.4. The molecule has 106 valence electrons. The number of hydrogen-bond acceptors (Lipinski definition) is 3. The maximum atomic E-state index is 8.73. The normalized spacial score (nSPS) is 12.6. The van der Waals surface area contributed by atoms with Crippen molar-refractivity contribution in [2.75, 3.05) is 6.61 Å². The van der Waals surface area contributed by atoms with Crippen LogP contribution in [0.5, 0.6) is 5.75 Å². The lowest BCUT2D eigenvalue weighted by Gasteiger charge is -2.23. The van der Waals surface area contributed by atoms with Crippen LogP contribution in [0.15, 0.2) is 17.3 Å². The first kappa shape index (κ1) is 15.3. The van der Waals surface area contributed by atoms with Crippen molar-refractivity contribution < 1.29 is 9.94 Å². The second kappa shape index (κ2) is 5.95. The molecule has 0 heterocycles. The maximum Gasteiger partial charge on any atom is 0.144 e. The number of benzene rings is 1. The van der Waals surface area contributed by atoms with Crippen LogP contribution < -0.4 is 10.5 Å². The first-order chi connectivity index (χ1) is 8.79. The Morgan fingerprint density at radius 2 is 1.84 bits per heavy atom. The number of ether oxygens (including phenoxy) is 1. The molecule has 0 aliphatic heterocycles. The molecule has 0 amide bonds. The molecule has 19 heavy (non-hydrogen) atoms. The Bertz CT molecular complexity index is 479. The van der Waals surface area contributed by atoms with Crippen LogP contribution in [0, 0.1) is 26.2 Å². The van der Waals surface area contributed by atoms with Crippen LogP contribution >= 0.6 is 0 Å². The number of hydrogen-bond donors (Lipinski definition) is 2. The van der Waals surface area contributed by atoms with Gasteiger partial charge in [0, 0.05) is 5.41 Å². The largest absolute Gasteiger partial charge is 0.493 e. The number of amidine groups is 1. The molecule has 0 aromatic heterocycles. The lowest BCUT2D eigenvalue weighted by Crippen LogP contribution is -2.33. The van der Waals surface area contributed by atoms with Gasteiger partial charge in [0.15, 0.2) is 0 Å². The molecule has 1 aromatic carbocycles. The van der Waals surface area contributed by atoms with Gasteiger partial charge >= 0.3 is 0 Å². The van der Waals surface area contributed by atoms with Crippen molar-refractivity contribution >= 4 is 5.84 Å². The van der Waals surface area contributed by atoms with Gasteiger partial charge in [-0.3, -0.25) is 0 Å². The van der Waals surface area contributed by atoms with Crippen LogP contribution in [0.25, 0.3) is 0 Å². The van der Waals surface area contributed by atoms with Crippen LogP contribution in [-0.4, -0.2) is 17.6 Å². The van der Waals surface area contributed by atoms with Gasteiger partial charge in [-0.25, -0.2) is 0 Å². The Balaban J connectivity index is 2.72. The van der Waals surface area contributed by atoms with E-state index in [0.717, 1.165) is 11.3 Å². The molecule has 0 saturated carbocycles. The molecule has 4 heteroatoms. The van der Waals surface area contributed by atoms with Crippen molar-refractivity contribution in [3.8, 4) is 5.75 Å². The van der Waals surface area contributed by atoms with Crippen LogP contribution in [0.1, 0.15) is 37.0 Å². The number of rotatable bonds is 5. The Morgan fingerprint density at radius 1 is 1.26 bits per heavy atom. The predicted molar refractivity (Wildman–Crippen MR) is 78.0 cm³/mol. The van der Waals surface area contributed by atoms with Crippen LogP contribution in [0.2, 0.25) is 0 Å². The molecular weight excluding hydrogens is 240 g/mol. The molecule has 0 atom stereocenters. The van der Waals surface area contributed by atoms with Gasteiger partial charge < -0.3 is 15.7 Å². The highest BCUT2D eigenvalue weighted by Crippen LogP contribution is 2.27. The van der Waals surface area contributed by atoms with Gasteiger partial charge in [-0.05, 0) is 43.9 Å². The molecule has 4 nitrogen and oxygen atoms in total. The lowest BCUT2D eigenvalue weighted by atomic mass is 9.88. The minimum absolute atomic E-state index is 0.230. The molecule has 3 N–H and O–H groups in total. The first-order valence-electron chi connectivity index (χ1n) is 6.47. The number of nitrogens with two attached hydrogens (primary N) is 1. The van der Waals surface area contributed by atoms with Crippen molar-refractivity contribution in [1.82, 2.24) is 0 Å². The first-order valence-corrected chi connectivity index (χ1v) is 6.47. The molecule has 0 saturated heterocycles. The standard InChI is InChI=1S/C15H24N2O2/c1-10-6-7-11(2)13(12(10)3)19-9-8-15(4,5)14(16)17-18/h6-7,18H,8-9H2,1-5H3,(H2,16,17). The molecule has 0 aliphatic rings. The monoisotopic (exact) mass is 264 g/mol. The average molecular weight is 264 g/mol. The summed E-state index contributed by atoms with van der Waals surface area (Å²) < 4.78 is 5.89. The molecule has 0 spiro atoms. The fourth-order valence-electron chi connectivity index (χ4n) is 1.82. The second-order valence-corrected chi connectivity index (χ2v) is 5.62. The molecule has 0 fully saturated rings. The maximum absolute atomic E-state index is 8.73. The van der Waals surface area contributed by atoms with Crippen LogP contribution in [0.3, 0.4) is 0 Å². The van der Waals surface area contributed by atoms with Crippen molar-refractivity contribution in [3.05, 3.63) is 28.8 Å². The van der Waals surface area contributed by atoms with E-state index >= 15 is 0 Å². The van der Waals surface area contributed by atoms with Crippen LogP contribution in [-0.2, 0) is 0 Å². The topological polar surface area (TPSA) is 67.8 Å². The molecule has 0 aliphatic carbocycles. The Labute approximate surface area is 115 Å². The summed E-state index contributed by atoms with van der Waals surface area (Å²) in [5, 5.41) is 11.8. The summed E-state index contributed by atoms with van der Waals surface area (Å²) in [5.74, 6) is 1.17.